The molecule has 142 valence electrons. The molecule has 0 bridgehead atoms. The Morgan fingerprint density at radius 3 is 2.75 bits per heavy atom. The summed E-state index contributed by atoms with van der Waals surface area (Å²) in [5, 5.41) is 6.51. The minimum atomic E-state index is -0.102. The Kier molecular flexibility index (Phi) is 5.58. The first-order valence-corrected chi connectivity index (χ1v) is 9.46. The van der Waals surface area contributed by atoms with Crippen LogP contribution in [0.1, 0.15) is 27.5 Å². The molecule has 1 saturated heterocycles. The third-order valence-corrected chi connectivity index (χ3v) is 4.91. The van der Waals surface area contributed by atoms with Crippen molar-refractivity contribution in [2.24, 2.45) is 0 Å². The fourth-order valence-electron chi connectivity index (χ4n) is 3.38. The van der Waals surface area contributed by atoms with Gasteiger partial charge in [-0.1, -0.05) is 30.3 Å². The van der Waals surface area contributed by atoms with Gasteiger partial charge in [-0.2, -0.15) is 0 Å². The van der Waals surface area contributed by atoms with Gasteiger partial charge in [-0.25, -0.2) is 4.98 Å². The van der Waals surface area contributed by atoms with Crippen LogP contribution in [0.4, 0.5) is 5.82 Å². The van der Waals surface area contributed by atoms with Crippen molar-refractivity contribution in [2.45, 2.75) is 12.6 Å². The second-order valence-electron chi connectivity index (χ2n) is 6.80. The number of pyridine rings is 2. The zero-order valence-corrected chi connectivity index (χ0v) is 15.6. The first-order valence-electron chi connectivity index (χ1n) is 9.46. The maximum absolute atomic E-state index is 12.6. The van der Waals surface area contributed by atoms with Crippen LogP contribution >= 0.6 is 0 Å². The van der Waals surface area contributed by atoms with Crippen LogP contribution in [0.5, 0.6) is 0 Å². The lowest BCUT2D eigenvalue weighted by molar-refractivity contribution is 0.0951. The number of benzene rings is 1. The lowest BCUT2D eigenvalue weighted by Gasteiger charge is -2.34. The van der Waals surface area contributed by atoms with Gasteiger partial charge in [-0.05, 0) is 35.4 Å². The molecular weight excluding hydrogens is 350 g/mol. The molecule has 1 aromatic carbocycles. The lowest BCUT2D eigenvalue weighted by Crippen LogP contribution is -2.46. The number of rotatable bonds is 5. The smallest absolute Gasteiger partial charge is 0.251 e. The topological polar surface area (TPSA) is 70.2 Å². The second-order valence-corrected chi connectivity index (χ2v) is 6.80. The lowest BCUT2D eigenvalue weighted by atomic mass is 10.0. The summed E-state index contributed by atoms with van der Waals surface area (Å²) in [6.07, 6.45) is 5.15. The molecule has 4 rings (SSSR count). The summed E-state index contributed by atoms with van der Waals surface area (Å²) in [4.78, 5) is 23.3. The van der Waals surface area contributed by atoms with Gasteiger partial charge in [0.05, 0.1) is 0 Å². The zero-order valence-electron chi connectivity index (χ0n) is 15.6. The Balaban J connectivity index is 1.43. The van der Waals surface area contributed by atoms with Gasteiger partial charge in [0.2, 0.25) is 0 Å². The highest BCUT2D eigenvalue weighted by Gasteiger charge is 2.22. The van der Waals surface area contributed by atoms with Crippen LogP contribution in [-0.4, -0.2) is 35.5 Å². The van der Waals surface area contributed by atoms with Crippen molar-refractivity contribution in [3.05, 3.63) is 89.9 Å². The molecule has 0 radical (unpaired) electrons. The van der Waals surface area contributed by atoms with Gasteiger partial charge < -0.3 is 15.5 Å². The molecule has 1 atom stereocenters. The van der Waals surface area contributed by atoms with Crippen LogP contribution in [0.15, 0.2) is 73.2 Å². The Morgan fingerprint density at radius 2 is 1.93 bits per heavy atom. The van der Waals surface area contributed by atoms with E-state index in [1.807, 2.05) is 24.3 Å². The molecule has 0 aliphatic carbocycles. The minimum Gasteiger partial charge on any atom is -0.353 e. The quantitative estimate of drug-likeness (QED) is 0.719. The Labute approximate surface area is 164 Å². The fourth-order valence-corrected chi connectivity index (χ4v) is 3.38. The highest BCUT2D eigenvalue weighted by Crippen LogP contribution is 2.21. The number of nitrogens with zero attached hydrogens (tertiary/aromatic N) is 3. The van der Waals surface area contributed by atoms with Gasteiger partial charge in [0.25, 0.3) is 5.91 Å². The van der Waals surface area contributed by atoms with Gasteiger partial charge in [-0.3, -0.25) is 9.78 Å². The number of carbonyl (C=O) groups excluding carboxylic acids is 1. The van der Waals surface area contributed by atoms with Crippen molar-refractivity contribution >= 4 is 11.7 Å². The first-order chi connectivity index (χ1) is 13.8. The predicted octanol–water partition coefficient (Wildman–Crippen LogP) is 2.56. The number of hydrogen-bond donors (Lipinski definition) is 2. The highest BCUT2D eigenvalue weighted by atomic mass is 16.1. The monoisotopic (exact) mass is 373 g/mol. The molecule has 0 saturated carbocycles. The maximum atomic E-state index is 12.6. The Bertz CT molecular complexity index is 916. The van der Waals surface area contributed by atoms with E-state index in [4.69, 9.17) is 0 Å². The molecule has 3 aromatic rings. The number of aromatic nitrogens is 2. The zero-order chi connectivity index (χ0) is 19.2. The van der Waals surface area contributed by atoms with Gasteiger partial charge in [-0.15, -0.1) is 0 Å². The summed E-state index contributed by atoms with van der Waals surface area (Å²) in [5.74, 6) is 0.731. The molecule has 2 N–H and O–H groups in total. The van der Waals surface area contributed by atoms with Crippen molar-refractivity contribution in [1.29, 1.82) is 0 Å². The molecule has 2 aromatic heterocycles. The number of hydrogen-bond acceptors (Lipinski definition) is 5. The Hall–Kier alpha value is -3.25. The average molecular weight is 373 g/mol. The molecule has 3 heterocycles. The normalized spacial score (nSPS) is 16.6. The van der Waals surface area contributed by atoms with E-state index >= 15 is 0 Å². The van der Waals surface area contributed by atoms with Crippen molar-refractivity contribution < 1.29 is 4.79 Å². The molecule has 1 aliphatic heterocycles. The van der Waals surface area contributed by atoms with Gasteiger partial charge in [0.15, 0.2) is 0 Å². The van der Waals surface area contributed by atoms with Crippen LogP contribution < -0.4 is 15.5 Å². The summed E-state index contributed by atoms with van der Waals surface area (Å²) in [7, 11) is 0. The van der Waals surface area contributed by atoms with E-state index in [2.05, 4.69) is 49.8 Å². The molecule has 6 nitrogen and oxygen atoms in total. The largest absolute Gasteiger partial charge is 0.353 e. The van der Waals surface area contributed by atoms with Crippen molar-refractivity contribution in [1.82, 2.24) is 20.6 Å². The summed E-state index contributed by atoms with van der Waals surface area (Å²) in [6, 6.07) is 18.1. The molecule has 1 amide bonds. The third-order valence-electron chi connectivity index (χ3n) is 4.91. The summed E-state index contributed by atoms with van der Waals surface area (Å²) >= 11 is 0. The molecule has 1 fully saturated rings. The van der Waals surface area contributed by atoms with E-state index in [1.54, 1.807) is 24.7 Å². The molecule has 0 spiro atoms. The molecular formula is C22H23N5O. The van der Waals surface area contributed by atoms with Gasteiger partial charge in [0, 0.05) is 56.4 Å². The molecule has 0 unspecified atom stereocenters. The number of amides is 1. The average Bonchev–Trinajstić information content (AvgIpc) is 2.79. The number of carbonyl (C=O) groups is 1. The number of nitrogens with one attached hydrogen (secondary N) is 2. The maximum Gasteiger partial charge on any atom is 0.251 e. The number of anilines is 1. The first kappa shape index (κ1) is 18.1. The van der Waals surface area contributed by atoms with Crippen LogP contribution in [0.2, 0.25) is 0 Å². The van der Waals surface area contributed by atoms with Crippen molar-refractivity contribution in [3.63, 3.8) is 0 Å². The van der Waals surface area contributed by atoms with Crippen LogP contribution in [0.25, 0.3) is 0 Å². The van der Waals surface area contributed by atoms with Crippen LogP contribution in [-0.2, 0) is 6.54 Å². The van der Waals surface area contributed by atoms with E-state index in [0.717, 1.165) is 31.0 Å². The minimum absolute atomic E-state index is 0.102. The van der Waals surface area contributed by atoms with E-state index in [1.165, 1.54) is 5.56 Å². The van der Waals surface area contributed by atoms with E-state index < -0.39 is 0 Å². The fraction of sp³-hybridized carbons (Fsp3) is 0.227. The van der Waals surface area contributed by atoms with E-state index in [-0.39, 0.29) is 11.9 Å². The van der Waals surface area contributed by atoms with E-state index in [9.17, 15) is 4.79 Å². The van der Waals surface area contributed by atoms with Gasteiger partial charge >= 0.3 is 0 Å². The van der Waals surface area contributed by atoms with Crippen molar-refractivity contribution in [2.75, 3.05) is 24.5 Å². The Morgan fingerprint density at radius 1 is 1.11 bits per heavy atom. The van der Waals surface area contributed by atoms with Gasteiger partial charge in [0.1, 0.15) is 5.82 Å². The standard InChI is InChI=1S/C22H23N5O/c28-22(26-15-17-6-9-23-10-7-17)19-8-11-25-21(14-19)27-13-12-24-20(16-27)18-4-2-1-3-5-18/h1-11,14,20,24H,12-13,15-16H2,(H,26,28)/t20-/m1/s1. The summed E-state index contributed by atoms with van der Waals surface area (Å²) < 4.78 is 0. The summed E-state index contributed by atoms with van der Waals surface area (Å²) in [5.41, 5.74) is 2.90. The number of piperazine rings is 1. The van der Waals surface area contributed by atoms with E-state index in [0.29, 0.717) is 12.1 Å². The third kappa shape index (κ3) is 4.35. The molecule has 6 heteroatoms. The second kappa shape index (κ2) is 8.63. The highest BCUT2D eigenvalue weighted by molar-refractivity contribution is 5.94. The molecule has 1 aliphatic rings. The molecule has 28 heavy (non-hydrogen) atoms. The SMILES string of the molecule is O=C(NCc1ccncc1)c1ccnc(N2CCN[C@@H](c3ccccc3)C2)c1. The predicted molar refractivity (Wildman–Crippen MR) is 109 cm³/mol. The van der Waals surface area contributed by atoms with Crippen LogP contribution in [0, 0.1) is 0 Å². The van der Waals surface area contributed by atoms with Crippen LogP contribution in [0.3, 0.4) is 0 Å². The van der Waals surface area contributed by atoms with Crippen molar-refractivity contribution in [3.8, 4) is 0 Å². The summed E-state index contributed by atoms with van der Waals surface area (Å²) in [6.45, 7) is 3.03.